The van der Waals surface area contributed by atoms with Crippen LogP contribution in [0, 0.1) is 22.6 Å². The van der Waals surface area contributed by atoms with Crippen molar-refractivity contribution in [1.82, 2.24) is 0 Å². The molecule has 1 aromatic carbocycles. The Morgan fingerprint density at radius 1 is 1.29 bits per heavy atom. The zero-order valence-corrected chi connectivity index (χ0v) is 12.6. The van der Waals surface area contributed by atoms with Crippen LogP contribution in [0.1, 0.15) is 50.4 Å². The number of nitrogens with zero attached hydrogens (tertiary/aromatic N) is 1. The lowest BCUT2D eigenvalue weighted by atomic mass is 9.70. The molecule has 2 atom stereocenters. The summed E-state index contributed by atoms with van der Waals surface area (Å²) in [5.41, 5.74) is 1.52. The minimum atomic E-state index is -0.535. The quantitative estimate of drug-likeness (QED) is 0.605. The summed E-state index contributed by atoms with van der Waals surface area (Å²) in [5, 5.41) is 4.15. The maximum Gasteiger partial charge on any atom is 0.365 e. The molecule has 0 spiro atoms. The SMILES string of the molecule is CC1(C)[C@H]2CC[C@]1(C)/C(=N/OC(=O)c1ccc(F)cc1)C2. The van der Waals surface area contributed by atoms with E-state index in [2.05, 4.69) is 25.9 Å². The van der Waals surface area contributed by atoms with Crippen molar-refractivity contribution in [1.29, 1.82) is 0 Å². The van der Waals surface area contributed by atoms with Gasteiger partial charge in [0, 0.05) is 5.41 Å². The molecule has 21 heavy (non-hydrogen) atoms. The Balaban J connectivity index is 1.76. The highest BCUT2D eigenvalue weighted by atomic mass is 19.1. The minimum Gasteiger partial charge on any atom is -0.313 e. The van der Waals surface area contributed by atoms with Crippen molar-refractivity contribution in [2.75, 3.05) is 0 Å². The fraction of sp³-hybridized carbons (Fsp3) is 0.529. The molecule has 112 valence electrons. The van der Waals surface area contributed by atoms with E-state index >= 15 is 0 Å². The first kappa shape index (κ1) is 14.2. The summed E-state index contributed by atoms with van der Waals surface area (Å²) >= 11 is 0. The van der Waals surface area contributed by atoms with E-state index in [0.717, 1.165) is 18.6 Å². The zero-order valence-electron chi connectivity index (χ0n) is 12.6. The summed E-state index contributed by atoms with van der Waals surface area (Å²) < 4.78 is 12.8. The van der Waals surface area contributed by atoms with Gasteiger partial charge in [0.25, 0.3) is 0 Å². The van der Waals surface area contributed by atoms with E-state index < -0.39 is 5.97 Å². The molecule has 1 aromatic rings. The molecule has 0 saturated heterocycles. The molecule has 0 amide bonds. The van der Waals surface area contributed by atoms with Crippen molar-refractivity contribution >= 4 is 11.7 Å². The molecular weight excluding hydrogens is 269 g/mol. The van der Waals surface area contributed by atoms with E-state index in [0.29, 0.717) is 11.5 Å². The third-order valence-electron chi connectivity index (χ3n) is 5.83. The first-order valence-electron chi connectivity index (χ1n) is 7.39. The van der Waals surface area contributed by atoms with Crippen LogP contribution in [0.3, 0.4) is 0 Å². The van der Waals surface area contributed by atoms with E-state index in [1.807, 2.05) is 0 Å². The van der Waals surface area contributed by atoms with Crippen molar-refractivity contribution in [3.63, 3.8) is 0 Å². The largest absolute Gasteiger partial charge is 0.365 e. The molecule has 4 heteroatoms. The van der Waals surface area contributed by atoms with Gasteiger partial charge in [-0.05, 0) is 54.9 Å². The van der Waals surface area contributed by atoms with Crippen LogP contribution >= 0.6 is 0 Å². The number of benzene rings is 1. The number of fused-ring (bicyclic) bond motifs is 2. The van der Waals surface area contributed by atoms with Gasteiger partial charge in [0.1, 0.15) is 5.82 Å². The van der Waals surface area contributed by atoms with Crippen LogP contribution in [-0.2, 0) is 4.84 Å². The second kappa shape index (κ2) is 4.65. The number of oxime groups is 1. The van der Waals surface area contributed by atoms with Gasteiger partial charge in [-0.1, -0.05) is 25.9 Å². The van der Waals surface area contributed by atoms with Crippen molar-refractivity contribution < 1.29 is 14.0 Å². The van der Waals surface area contributed by atoms with Crippen LogP contribution in [0.15, 0.2) is 29.4 Å². The Kier molecular flexibility index (Phi) is 3.15. The van der Waals surface area contributed by atoms with Gasteiger partial charge in [-0.15, -0.1) is 0 Å². The highest BCUT2D eigenvalue weighted by molar-refractivity contribution is 5.95. The molecule has 2 aliphatic carbocycles. The van der Waals surface area contributed by atoms with Crippen molar-refractivity contribution in [3.05, 3.63) is 35.6 Å². The number of hydrogen-bond acceptors (Lipinski definition) is 3. The molecule has 2 saturated carbocycles. The molecule has 0 aromatic heterocycles. The topological polar surface area (TPSA) is 38.7 Å². The first-order valence-corrected chi connectivity index (χ1v) is 7.39. The summed E-state index contributed by atoms with van der Waals surface area (Å²) in [6.07, 6.45) is 3.21. The van der Waals surface area contributed by atoms with Crippen LogP contribution in [0.25, 0.3) is 0 Å². The predicted molar refractivity (Wildman–Crippen MR) is 78.5 cm³/mol. The maximum atomic E-state index is 12.8. The van der Waals surface area contributed by atoms with Crippen molar-refractivity contribution in [2.24, 2.45) is 21.9 Å². The monoisotopic (exact) mass is 289 g/mol. The highest BCUT2D eigenvalue weighted by Crippen LogP contribution is 2.63. The molecule has 2 aliphatic rings. The van der Waals surface area contributed by atoms with Crippen molar-refractivity contribution in [2.45, 2.75) is 40.0 Å². The highest BCUT2D eigenvalue weighted by Gasteiger charge is 2.60. The third kappa shape index (κ3) is 2.08. The minimum absolute atomic E-state index is 0.0146. The van der Waals surface area contributed by atoms with Crippen LogP contribution in [-0.4, -0.2) is 11.7 Å². The van der Waals surface area contributed by atoms with E-state index in [1.54, 1.807) is 0 Å². The number of carbonyl (C=O) groups excluding carboxylic acids is 1. The smallest absolute Gasteiger partial charge is 0.313 e. The van der Waals surface area contributed by atoms with Gasteiger partial charge < -0.3 is 4.84 Å². The summed E-state index contributed by atoms with van der Waals surface area (Å²) in [5.74, 6) is -0.294. The van der Waals surface area contributed by atoms with Gasteiger partial charge in [0.15, 0.2) is 0 Å². The fourth-order valence-corrected chi connectivity index (χ4v) is 3.80. The number of hydrogen-bond donors (Lipinski definition) is 0. The van der Waals surface area contributed by atoms with Crippen LogP contribution < -0.4 is 0 Å². The molecular formula is C17H20FNO2. The third-order valence-corrected chi connectivity index (χ3v) is 5.83. The zero-order chi connectivity index (χ0) is 15.3. The second-order valence-corrected chi connectivity index (χ2v) is 6.92. The van der Waals surface area contributed by atoms with E-state index in [9.17, 15) is 9.18 Å². The molecule has 2 bridgehead atoms. The van der Waals surface area contributed by atoms with Gasteiger partial charge in [-0.2, -0.15) is 0 Å². The Morgan fingerprint density at radius 3 is 2.48 bits per heavy atom. The summed E-state index contributed by atoms with van der Waals surface area (Å²) in [6, 6.07) is 5.30. The summed E-state index contributed by atoms with van der Waals surface area (Å²) in [4.78, 5) is 17.0. The van der Waals surface area contributed by atoms with E-state index in [1.165, 1.54) is 30.7 Å². The van der Waals surface area contributed by atoms with Gasteiger partial charge in [-0.3, -0.25) is 0 Å². The first-order chi connectivity index (χ1) is 9.84. The molecule has 2 fully saturated rings. The Hall–Kier alpha value is -1.71. The molecule has 0 N–H and O–H groups in total. The molecule has 0 radical (unpaired) electrons. The van der Waals surface area contributed by atoms with Crippen LogP contribution in [0.2, 0.25) is 0 Å². The number of rotatable bonds is 2. The lowest BCUT2D eigenvalue weighted by Crippen LogP contribution is -2.32. The molecule has 0 aliphatic heterocycles. The fourth-order valence-electron chi connectivity index (χ4n) is 3.80. The van der Waals surface area contributed by atoms with Gasteiger partial charge in [-0.25, -0.2) is 9.18 Å². The Labute approximate surface area is 124 Å². The average Bonchev–Trinajstić information content (AvgIpc) is 2.78. The average molecular weight is 289 g/mol. The van der Waals surface area contributed by atoms with Gasteiger partial charge >= 0.3 is 5.97 Å². The van der Waals surface area contributed by atoms with Gasteiger partial charge in [0.05, 0.1) is 11.3 Å². The number of halogens is 1. The summed E-state index contributed by atoms with van der Waals surface area (Å²) in [7, 11) is 0. The van der Waals surface area contributed by atoms with Crippen molar-refractivity contribution in [3.8, 4) is 0 Å². The Morgan fingerprint density at radius 2 is 1.95 bits per heavy atom. The molecule has 3 rings (SSSR count). The Bertz CT molecular complexity index is 606. The van der Waals surface area contributed by atoms with Crippen LogP contribution in [0.5, 0.6) is 0 Å². The van der Waals surface area contributed by atoms with E-state index in [-0.39, 0.29) is 16.6 Å². The van der Waals surface area contributed by atoms with Crippen LogP contribution in [0.4, 0.5) is 4.39 Å². The summed E-state index contributed by atoms with van der Waals surface area (Å²) in [6.45, 7) is 6.76. The molecule has 3 nitrogen and oxygen atoms in total. The predicted octanol–water partition coefficient (Wildman–Crippen LogP) is 4.18. The maximum absolute atomic E-state index is 12.8. The lowest BCUT2D eigenvalue weighted by molar-refractivity contribution is 0.0508. The van der Waals surface area contributed by atoms with E-state index in [4.69, 9.17) is 4.84 Å². The normalized spacial score (nSPS) is 31.6. The second-order valence-electron chi connectivity index (χ2n) is 6.92. The standard InChI is InChI=1S/C17H20FNO2/c1-16(2)12-8-9-17(16,3)14(10-12)19-21-15(20)11-4-6-13(18)7-5-11/h4-7,12H,8-10H2,1-3H3/b19-14+/t12-,17+/m0/s1. The lowest BCUT2D eigenvalue weighted by Gasteiger charge is -2.34. The molecule has 0 heterocycles. The van der Waals surface area contributed by atoms with Gasteiger partial charge in [0.2, 0.25) is 0 Å². The molecule has 0 unspecified atom stereocenters. The number of carbonyl (C=O) groups is 1.